The number of halogens is 1. The van der Waals surface area contributed by atoms with Crippen LogP contribution in [0.15, 0.2) is 35.5 Å². The van der Waals surface area contributed by atoms with E-state index in [4.69, 9.17) is 9.47 Å². The van der Waals surface area contributed by atoms with E-state index in [-0.39, 0.29) is 36.4 Å². The zero-order chi connectivity index (χ0) is 24.1. The molecule has 34 heavy (non-hydrogen) atoms. The van der Waals surface area contributed by atoms with Gasteiger partial charge in [-0.15, -0.1) is 0 Å². The van der Waals surface area contributed by atoms with Gasteiger partial charge in [0.15, 0.2) is 11.5 Å². The molecular weight excluding hydrogens is 437 g/mol. The SMILES string of the molecule is CC(C)(C)C1Cc2cc(NC(=O)C3(c4ccc5c(c4)OCO5)CC3)c(F)cc2N1CCCN=O. The van der Waals surface area contributed by atoms with Gasteiger partial charge < -0.3 is 19.7 Å². The fraction of sp³-hybridized carbons (Fsp3) is 0.500. The summed E-state index contributed by atoms with van der Waals surface area (Å²) in [6.07, 6.45) is 2.78. The number of hydrogen-bond acceptors (Lipinski definition) is 6. The lowest BCUT2D eigenvalue weighted by Crippen LogP contribution is -2.42. The predicted octanol–water partition coefficient (Wildman–Crippen LogP) is 5.16. The topological polar surface area (TPSA) is 80.2 Å². The van der Waals surface area contributed by atoms with Crippen molar-refractivity contribution in [2.45, 2.75) is 57.9 Å². The van der Waals surface area contributed by atoms with E-state index in [0.29, 0.717) is 37.3 Å². The van der Waals surface area contributed by atoms with Gasteiger partial charge in [0.1, 0.15) is 5.82 Å². The molecule has 5 rings (SSSR count). The summed E-state index contributed by atoms with van der Waals surface area (Å²) in [5, 5.41) is 5.83. The second-order valence-corrected chi connectivity index (χ2v) is 10.6. The summed E-state index contributed by atoms with van der Waals surface area (Å²) in [6, 6.07) is 9.03. The van der Waals surface area contributed by atoms with Crippen LogP contribution in [-0.2, 0) is 16.6 Å². The van der Waals surface area contributed by atoms with Crippen LogP contribution in [-0.4, -0.2) is 31.8 Å². The molecule has 0 aromatic heterocycles. The zero-order valence-electron chi connectivity index (χ0n) is 19.8. The Morgan fingerprint density at radius 3 is 2.68 bits per heavy atom. The Hall–Kier alpha value is -3.16. The zero-order valence-corrected chi connectivity index (χ0v) is 19.8. The quantitative estimate of drug-likeness (QED) is 0.450. The van der Waals surface area contributed by atoms with Gasteiger partial charge in [-0.2, -0.15) is 4.91 Å². The molecule has 1 atom stereocenters. The van der Waals surface area contributed by atoms with E-state index in [1.165, 1.54) is 6.07 Å². The van der Waals surface area contributed by atoms with Crippen molar-refractivity contribution in [3.8, 4) is 11.5 Å². The number of rotatable bonds is 7. The summed E-state index contributed by atoms with van der Waals surface area (Å²) in [5.41, 5.74) is 2.19. The molecule has 2 aliphatic heterocycles. The Morgan fingerprint density at radius 2 is 1.97 bits per heavy atom. The largest absolute Gasteiger partial charge is 0.454 e. The molecule has 1 fully saturated rings. The summed E-state index contributed by atoms with van der Waals surface area (Å²) in [4.78, 5) is 26.1. The lowest BCUT2D eigenvalue weighted by atomic mass is 9.84. The number of ether oxygens (including phenoxy) is 2. The van der Waals surface area contributed by atoms with Crippen molar-refractivity contribution in [3.63, 3.8) is 0 Å². The number of benzene rings is 2. The maximum absolute atomic E-state index is 15.2. The Kier molecular flexibility index (Phi) is 5.49. The molecule has 0 spiro atoms. The van der Waals surface area contributed by atoms with Crippen LogP contribution in [0.2, 0.25) is 0 Å². The van der Waals surface area contributed by atoms with Crippen molar-refractivity contribution >= 4 is 17.3 Å². The van der Waals surface area contributed by atoms with Gasteiger partial charge in [0, 0.05) is 18.3 Å². The van der Waals surface area contributed by atoms with Gasteiger partial charge >= 0.3 is 0 Å². The Balaban J connectivity index is 1.39. The van der Waals surface area contributed by atoms with Crippen LogP contribution in [0.25, 0.3) is 0 Å². The van der Waals surface area contributed by atoms with E-state index in [2.05, 4.69) is 36.2 Å². The highest BCUT2D eigenvalue weighted by Gasteiger charge is 2.52. The number of hydrogen-bond donors (Lipinski definition) is 1. The van der Waals surface area contributed by atoms with E-state index >= 15 is 4.39 Å². The molecule has 8 heteroatoms. The first kappa shape index (κ1) is 22.6. The number of nitroso groups, excluding NO2 is 1. The fourth-order valence-corrected chi connectivity index (χ4v) is 5.18. The second-order valence-electron chi connectivity index (χ2n) is 10.6. The van der Waals surface area contributed by atoms with Gasteiger partial charge in [-0.1, -0.05) is 32.0 Å². The third kappa shape index (κ3) is 3.89. The van der Waals surface area contributed by atoms with Crippen LogP contribution < -0.4 is 19.7 Å². The van der Waals surface area contributed by atoms with Crippen LogP contribution in [0.5, 0.6) is 11.5 Å². The molecule has 1 aliphatic carbocycles. The van der Waals surface area contributed by atoms with Gasteiger partial charge in [-0.05, 0) is 66.5 Å². The summed E-state index contributed by atoms with van der Waals surface area (Å²) < 4.78 is 26.1. The van der Waals surface area contributed by atoms with Crippen LogP contribution in [0.4, 0.5) is 15.8 Å². The standard InChI is InChI=1S/C26H30FN3O4/c1-25(2,3)23-12-16-11-19(18(27)14-20(16)30(23)10-4-9-28-32)29-24(31)26(7-8-26)17-5-6-21-22(13-17)34-15-33-21/h5-6,11,13-14,23H,4,7-10,12,15H2,1-3H3,(H,29,31). The average molecular weight is 468 g/mol. The smallest absolute Gasteiger partial charge is 0.235 e. The molecule has 3 aliphatic rings. The minimum absolute atomic E-state index is 0.0368. The van der Waals surface area contributed by atoms with Crippen molar-refractivity contribution in [2.75, 3.05) is 30.1 Å². The van der Waals surface area contributed by atoms with Gasteiger partial charge in [-0.3, -0.25) is 4.79 Å². The van der Waals surface area contributed by atoms with E-state index in [1.807, 2.05) is 18.2 Å². The van der Waals surface area contributed by atoms with E-state index in [1.54, 1.807) is 6.07 Å². The third-order valence-corrected chi connectivity index (χ3v) is 7.27. The first-order chi connectivity index (χ1) is 16.2. The second kappa shape index (κ2) is 8.25. The Morgan fingerprint density at radius 1 is 1.21 bits per heavy atom. The highest BCUT2D eigenvalue weighted by Crippen LogP contribution is 2.51. The van der Waals surface area contributed by atoms with Crippen molar-refractivity contribution in [1.82, 2.24) is 0 Å². The molecule has 0 bridgehead atoms. The summed E-state index contributed by atoms with van der Waals surface area (Å²) >= 11 is 0. The van der Waals surface area contributed by atoms with Gasteiger partial charge in [0.25, 0.3) is 0 Å². The molecule has 2 aromatic rings. The molecule has 2 heterocycles. The molecule has 7 nitrogen and oxygen atoms in total. The molecule has 1 saturated carbocycles. The van der Waals surface area contributed by atoms with Gasteiger partial charge in [-0.25, -0.2) is 4.39 Å². The number of anilines is 2. The van der Waals surface area contributed by atoms with Gasteiger partial charge in [0.2, 0.25) is 12.7 Å². The van der Waals surface area contributed by atoms with Crippen LogP contribution in [0.3, 0.4) is 0 Å². The average Bonchev–Trinajstić information content (AvgIpc) is 3.34. The van der Waals surface area contributed by atoms with Crippen LogP contribution in [0, 0.1) is 16.1 Å². The Labute approximate surface area is 198 Å². The first-order valence-corrected chi connectivity index (χ1v) is 11.8. The molecule has 0 saturated heterocycles. The predicted molar refractivity (Wildman–Crippen MR) is 128 cm³/mol. The van der Waals surface area contributed by atoms with Crippen molar-refractivity contribution < 1.29 is 18.7 Å². The minimum atomic E-state index is -0.672. The fourth-order valence-electron chi connectivity index (χ4n) is 5.18. The maximum Gasteiger partial charge on any atom is 0.235 e. The van der Waals surface area contributed by atoms with E-state index in [9.17, 15) is 9.70 Å². The number of carbonyl (C=O) groups excluding carboxylic acids is 1. The van der Waals surface area contributed by atoms with Crippen molar-refractivity contribution in [2.24, 2.45) is 10.6 Å². The molecule has 1 amide bonds. The molecule has 1 unspecified atom stereocenters. The van der Waals surface area contributed by atoms with Crippen LogP contribution in [0.1, 0.15) is 51.2 Å². The molecule has 1 N–H and O–H groups in total. The van der Waals surface area contributed by atoms with Crippen molar-refractivity contribution in [3.05, 3.63) is 52.2 Å². The molecule has 2 aromatic carbocycles. The maximum atomic E-state index is 15.2. The summed E-state index contributed by atoms with van der Waals surface area (Å²) in [5.74, 6) is 0.649. The highest BCUT2D eigenvalue weighted by atomic mass is 19.1. The number of amides is 1. The van der Waals surface area contributed by atoms with E-state index < -0.39 is 11.2 Å². The summed E-state index contributed by atoms with van der Waals surface area (Å²) in [6.45, 7) is 7.54. The van der Waals surface area contributed by atoms with Gasteiger partial charge in [0.05, 0.1) is 17.6 Å². The first-order valence-electron chi connectivity index (χ1n) is 11.8. The van der Waals surface area contributed by atoms with Crippen molar-refractivity contribution in [1.29, 1.82) is 0 Å². The minimum Gasteiger partial charge on any atom is -0.454 e. The van der Waals surface area contributed by atoms with E-state index in [0.717, 1.165) is 23.2 Å². The number of nitrogens with zero attached hydrogens (tertiary/aromatic N) is 2. The molecule has 180 valence electrons. The molecule has 0 radical (unpaired) electrons. The monoisotopic (exact) mass is 467 g/mol. The normalized spacial score (nSPS) is 19.6. The number of fused-ring (bicyclic) bond motifs is 2. The lowest BCUT2D eigenvalue weighted by molar-refractivity contribution is -0.118. The Bertz CT molecular complexity index is 1140. The lowest BCUT2D eigenvalue weighted by Gasteiger charge is -2.36. The third-order valence-electron chi connectivity index (χ3n) is 7.27. The number of nitrogens with one attached hydrogen (secondary N) is 1. The molecular formula is C26H30FN3O4. The summed E-state index contributed by atoms with van der Waals surface area (Å²) in [7, 11) is 0. The van der Waals surface area contributed by atoms with Crippen LogP contribution >= 0.6 is 0 Å². The highest BCUT2D eigenvalue weighted by molar-refractivity contribution is 6.01. The number of carbonyl (C=O) groups is 1.